The lowest BCUT2D eigenvalue weighted by Crippen LogP contribution is -2.54. The Kier molecular flexibility index (Phi) is 8.13. The van der Waals surface area contributed by atoms with Crippen LogP contribution in [0.2, 0.25) is 0 Å². The first-order valence-corrected chi connectivity index (χ1v) is 12.4. The number of carbonyl (C=O) groups excluding carboxylic acids is 3. The molecule has 0 radical (unpaired) electrons. The van der Waals surface area contributed by atoms with Crippen molar-refractivity contribution in [2.75, 3.05) is 37.7 Å². The van der Waals surface area contributed by atoms with Crippen molar-refractivity contribution >= 4 is 23.4 Å². The van der Waals surface area contributed by atoms with Crippen LogP contribution in [0, 0.1) is 5.82 Å². The number of benzene rings is 2. The standard InChI is InChI=1S/C27H32FN3O4/c1-2-3-4-7-18-35-21-12-10-20(11-13-21)31-25(32)19-24(27(31)34)29-14-16-30(17-15-29)26(33)22-8-5-6-9-23(22)28/h5-6,8-13,24H,2-4,7,14-19H2,1H3/t24-/m1/s1. The smallest absolute Gasteiger partial charge is 0.256 e. The summed E-state index contributed by atoms with van der Waals surface area (Å²) in [6.07, 6.45) is 4.61. The first kappa shape index (κ1) is 24.9. The second-order valence-electron chi connectivity index (χ2n) is 9.00. The highest BCUT2D eigenvalue weighted by Crippen LogP contribution is 2.28. The fourth-order valence-corrected chi connectivity index (χ4v) is 4.62. The number of hydrogen-bond donors (Lipinski definition) is 0. The Bertz CT molecular complexity index is 1050. The molecule has 186 valence electrons. The topological polar surface area (TPSA) is 70.2 Å². The molecule has 1 atom stereocenters. The predicted octanol–water partition coefficient (Wildman–Crippen LogP) is 3.87. The first-order valence-electron chi connectivity index (χ1n) is 12.4. The van der Waals surface area contributed by atoms with E-state index in [1.54, 1.807) is 41.3 Å². The molecule has 2 aliphatic heterocycles. The summed E-state index contributed by atoms with van der Waals surface area (Å²) in [5, 5.41) is 0. The van der Waals surface area contributed by atoms with E-state index in [0.29, 0.717) is 38.5 Å². The van der Waals surface area contributed by atoms with Gasteiger partial charge in [-0.25, -0.2) is 9.29 Å². The molecule has 7 nitrogen and oxygen atoms in total. The van der Waals surface area contributed by atoms with Gasteiger partial charge in [0.15, 0.2) is 0 Å². The Morgan fingerprint density at radius 1 is 0.971 bits per heavy atom. The molecule has 0 N–H and O–H groups in total. The zero-order chi connectivity index (χ0) is 24.8. The molecule has 2 heterocycles. The van der Waals surface area contributed by atoms with Crippen molar-refractivity contribution in [1.29, 1.82) is 0 Å². The summed E-state index contributed by atoms with van der Waals surface area (Å²) in [6.45, 7) is 4.45. The Labute approximate surface area is 205 Å². The number of nitrogens with zero attached hydrogens (tertiary/aromatic N) is 3. The molecule has 2 aliphatic rings. The van der Waals surface area contributed by atoms with Gasteiger partial charge in [-0.15, -0.1) is 0 Å². The van der Waals surface area contributed by atoms with Gasteiger partial charge in [-0.05, 0) is 42.8 Å². The first-order chi connectivity index (χ1) is 17.0. The van der Waals surface area contributed by atoms with E-state index < -0.39 is 11.9 Å². The number of hydrogen-bond acceptors (Lipinski definition) is 5. The van der Waals surface area contributed by atoms with Gasteiger partial charge in [0, 0.05) is 26.2 Å². The van der Waals surface area contributed by atoms with Gasteiger partial charge in [-0.1, -0.05) is 38.3 Å². The minimum Gasteiger partial charge on any atom is -0.494 e. The third-order valence-corrected chi connectivity index (χ3v) is 6.63. The molecule has 2 aromatic rings. The Hall–Kier alpha value is -3.26. The number of anilines is 1. The van der Waals surface area contributed by atoms with Crippen molar-refractivity contribution in [3.05, 3.63) is 59.9 Å². The zero-order valence-corrected chi connectivity index (χ0v) is 20.1. The molecule has 0 bridgehead atoms. The van der Waals surface area contributed by atoms with Crippen molar-refractivity contribution in [3.63, 3.8) is 0 Å². The second-order valence-corrected chi connectivity index (χ2v) is 9.00. The van der Waals surface area contributed by atoms with Crippen LogP contribution < -0.4 is 9.64 Å². The number of halogens is 1. The van der Waals surface area contributed by atoms with Gasteiger partial charge in [0.1, 0.15) is 11.6 Å². The number of rotatable bonds is 9. The number of ether oxygens (including phenoxy) is 1. The molecule has 0 aromatic heterocycles. The fraction of sp³-hybridized carbons (Fsp3) is 0.444. The average Bonchev–Trinajstić information content (AvgIpc) is 3.18. The molecular formula is C27H32FN3O4. The van der Waals surface area contributed by atoms with Crippen LogP contribution in [-0.2, 0) is 9.59 Å². The quantitative estimate of drug-likeness (QED) is 0.402. The average molecular weight is 482 g/mol. The van der Waals surface area contributed by atoms with Crippen molar-refractivity contribution in [3.8, 4) is 5.75 Å². The van der Waals surface area contributed by atoms with E-state index in [4.69, 9.17) is 4.74 Å². The Balaban J connectivity index is 1.32. The minimum absolute atomic E-state index is 0.0487. The van der Waals surface area contributed by atoms with Gasteiger partial charge in [-0.2, -0.15) is 0 Å². The van der Waals surface area contributed by atoms with Gasteiger partial charge in [-0.3, -0.25) is 19.3 Å². The maximum Gasteiger partial charge on any atom is 0.256 e. The van der Waals surface area contributed by atoms with Crippen molar-refractivity contribution in [1.82, 2.24) is 9.80 Å². The van der Waals surface area contributed by atoms with Crippen LogP contribution in [0.4, 0.5) is 10.1 Å². The normalized spacial score (nSPS) is 18.9. The van der Waals surface area contributed by atoms with E-state index in [9.17, 15) is 18.8 Å². The molecule has 0 spiro atoms. The summed E-state index contributed by atoms with van der Waals surface area (Å²) in [5.74, 6) is -0.669. The summed E-state index contributed by atoms with van der Waals surface area (Å²) in [6, 6.07) is 12.4. The van der Waals surface area contributed by atoms with E-state index >= 15 is 0 Å². The van der Waals surface area contributed by atoms with Crippen molar-refractivity contribution < 1.29 is 23.5 Å². The van der Waals surface area contributed by atoms with E-state index in [1.807, 2.05) is 4.90 Å². The number of imide groups is 1. The second kappa shape index (κ2) is 11.4. The van der Waals surface area contributed by atoms with Crippen LogP contribution in [0.1, 0.15) is 49.4 Å². The molecule has 3 amide bonds. The number of unbranched alkanes of at least 4 members (excludes halogenated alkanes) is 3. The summed E-state index contributed by atoms with van der Waals surface area (Å²) in [4.78, 5) is 43.3. The molecule has 2 fully saturated rings. The lowest BCUT2D eigenvalue weighted by molar-refractivity contribution is -0.123. The highest BCUT2D eigenvalue weighted by Gasteiger charge is 2.43. The van der Waals surface area contributed by atoms with Crippen LogP contribution in [0.25, 0.3) is 0 Å². The van der Waals surface area contributed by atoms with E-state index in [0.717, 1.165) is 18.6 Å². The summed E-state index contributed by atoms with van der Waals surface area (Å²) in [7, 11) is 0. The largest absolute Gasteiger partial charge is 0.494 e. The lowest BCUT2D eigenvalue weighted by Gasteiger charge is -2.37. The third-order valence-electron chi connectivity index (χ3n) is 6.63. The molecule has 2 aromatic carbocycles. The van der Waals surface area contributed by atoms with E-state index in [2.05, 4.69) is 6.92 Å². The summed E-state index contributed by atoms with van der Waals surface area (Å²) >= 11 is 0. The van der Waals surface area contributed by atoms with Crippen LogP contribution in [0.5, 0.6) is 5.75 Å². The highest BCUT2D eigenvalue weighted by molar-refractivity contribution is 6.22. The molecule has 4 rings (SSSR count). The van der Waals surface area contributed by atoms with Crippen LogP contribution in [0.15, 0.2) is 48.5 Å². The maximum atomic E-state index is 14.0. The summed E-state index contributed by atoms with van der Waals surface area (Å²) < 4.78 is 19.7. The molecule has 35 heavy (non-hydrogen) atoms. The van der Waals surface area contributed by atoms with E-state index in [-0.39, 0.29) is 29.7 Å². The van der Waals surface area contributed by atoms with Gasteiger partial charge in [0.25, 0.3) is 11.8 Å². The van der Waals surface area contributed by atoms with Crippen molar-refractivity contribution in [2.24, 2.45) is 0 Å². The third kappa shape index (κ3) is 5.70. The highest BCUT2D eigenvalue weighted by atomic mass is 19.1. The van der Waals surface area contributed by atoms with E-state index in [1.165, 1.54) is 29.9 Å². The SMILES string of the molecule is CCCCCCOc1ccc(N2C(=O)C[C@@H](N3CCN(C(=O)c4ccccc4F)CC3)C2=O)cc1. The Morgan fingerprint density at radius 3 is 2.37 bits per heavy atom. The predicted molar refractivity (Wildman–Crippen MR) is 131 cm³/mol. The lowest BCUT2D eigenvalue weighted by atomic mass is 10.1. The van der Waals surface area contributed by atoms with Crippen LogP contribution in [0.3, 0.4) is 0 Å². The van der Waals surface area contributed by atoms with Gasteiger partial charge < -0.3 is 9.64 Å². The minimum atomic E-state index is -0.553. The zero-order valence-electron chi connectivity index (χ0n) is 20.1. The van der Waals surface area contributed by atoms with Crippen molar-refractivity contribution in [2.45, 2.75) is 45.1 Å². The maximum absolute atomic E-state index is 14.0. The summed E-state index contributed by atoms with van der Waals surface area (Å²) in [5.41, 5.74) is 0.585. The monoisotopic (exact) mass is 481 g/mol. The van der Waals surface area contributed by atoms with Crippen LogP contribution in [-0.4, -0.2) is 66.3 Å². The Morgan fingerprint density at radius 2 is 1.69 bits per heavy atom. The fourth-order valence-electron chi connectivity index (χ4n) is 4.62. The number of piperazine rings is 1. The molecule has 0 saturated carbocycles. The molecular weight excluding hydrogens is 449 g/mol. The number of amides is 3. The molecule has 0 aliphatic carbocycles. The molecule has 8 heteroatoms. The van der Waals surface area contributed by atoms with Gasteiger partial charge in [0.05, 0.1) is 30.3 Å². The van der Waals surface area contributed by atoms with Gasteiger partial charge in [0.2, 0.25) is 5.91 Å². The van der Waals surface area contributed by atoms with Gasteiger partial charge >= 0.3 is 0 Å². The number of carbonyl (C=O) groups is 3. The molecule has 0 unspecified atom stereocenters. The molecule has 2 saturated heterocycles. The van der Waals surface area contributed by atoms with Crippen LogP contribution >= 0.6 is 0 Å².